The molecule has 0 atom stereocenters. The Morgan fingerprint density at radius 3 is 2.55 bits per heavy atom. The van der Waals surface area contributed by atoms with Crippen LogP contribution in [0.25, 0.3) is 0 Å². The first-order valence-electron chi connectivity index (χ1n) is 5.20. The van der Waals surface area contributed by atoms with Crippen molar-refractivity contribution in [1.82, 2.24) is 9.97 Å². The molecule has 102 valence electrons. The summed E-state index contributed by atoms with van der Waals surface area (Å²) in [5, 5.41) is 13.3. The summed E-state index contributed by atoms with van der Waals surface area (Å²) in [7, 11) is 0. The maximum atomic E-state index is 11.8. The highest BCUT2D eigenvalue weighted by Gasteiger charge is 2.13. The van der Waals surface area contributed by atoms with Crippen LogP contribution in [-0.4, -0.2) is 20.8 Å². The van der Waals surface area contributed by atoms with Gasteiger partial charge in [-0.1, -0.05) is 23.2 Å². The Labute approximate surface area is 122 Å². The minimum Gasteiger partial charge on any atom is -0.319 e. The molecule has 7 nitrogen and oxygen atoms in total. The van der Waals surface area contributed by atoms with Crippen LogP contribution in [0, 0.1) is 10.1 Å². The van der Waals surface area contributed by atoms with Gasteiger partial charge in [-0.25, -0.2) is 9.97 Å². The molecule has 0 saturated carbocycles. The van der Waals surface area contributed by atoms with E-state index in [2.05, 4.69) is 15.3 Å². The van der Waals surface area contributed by atoms with Crippen LogP contribution >= 0.6 is 23.2 Å². The highest BCUT2D eigenvalue weighted by molar-refractivity contribution is 6.34. The van der Waals surface area contributed by atoms with E-state index in [1.165, 1.54) is 24.5 Å². The first kappa shape index (κ1) is 14.2. The number of amides is 1. The third-order valence-corrected chi connectivity index (χ3v) is 2.77. The number of carbonyl (C=O) groups is 1. The second-order valence-corrected chi connectivity index (χ2v) is 4.39. The Morgan fingerprint density at radius 2 is 2.00 bits per heavy atom. The number of nitro groups is 1. The fraction of sp³-hybridized carbons (Fsp3) is 0. The van der Waals surface area contributed by atoms with Gasteiger partial charge in [-0.3, -0.25) is 14.9 Å². The number of nitro benzene ring substituents is 1. The number of nitrogens with zero attached hydrogens (tertiary/aromatic N) is 3. The molecule has 1 aromatic heterocycles. The van der Waals surface area contributed by atoms with Crippen molar-refractivity contribution in [3.63, 3.8) is 0 Å². The number of nitrogens with one attached hydrogen (secondary N) is 1. The Morgan fingerprint density at radius 1 is 1.25 bits per heavy atom. The van der Waals surface area contributed by atoms with Crippen LogP contribution in [0.3, 0.4) is 0 Å². The molecule has 0 bridgehead atoms. The van der Waals surface area contributed by atoms with E-state index in [4.69, 9.17) is 23.2 Å². The van der Waals surface area contributed by atoms with Gasteiger partial charge in [0.15, 0.2) is 0 Å². The Balaban J connectivity index is 2.19. The predicted octanol–water partition coefficient (Wildman–Crippen LogP) is 2.94. The van der Waals surface area contributed by atoms with E-state index < -0.39 is 10.8 Å². The van der Waals surface area contributed by atoms with Crippen LogP contribution in [0.1, 0.15) is 10.5 Å². The van der Waals surface area contributed by atoms with E-state index >= 15 is 0 Å². The molecule has 20 heavy (non-hydrogen) atoms. The van der Waals surface area contributed by atoms with Crippen molar-refractivity contribution in [3.8, 4) is 0 Å². The van der Waals surface area contributed by atoms with Crippen molar-refractivity contribution in [2.45, 2.75) is 0 Å². The maximum Gasteiger partial charge on any atom is 0.275 e. The average molecular weight is 313 g/mol. The zero-order valence-electron chi connectivity index (χ0n) is 9.71. The summed E-state index contributed by atoms with van der Waals surface area (Å²) in [6, 6.07) is 3.71. The number of non-ortho nitro benzene ring substituents is 1. The van der Waals surface area contributed by atoms with E-state index in [-0.39, 0.29) is 27.2 Å². The van der Waals surface area contributed by atoms with E-state index in [0.717, 1.165) is 6.07 Å². The van der Waals surface area contributed by atoms with Crippen LogP contribution in [0.4, 0.5) is 11.4 Å². The zero-order valence-corrected chi connectivity index (χ0v) is 11.2. The minimum atomic E-state index is -0.581. The van der Waals surface area contributed by atoms with Crippen molar-refractivity contribution in [2.24, 2.45) is 0 Å². The van der Waals surface area contributed by atoms with Gasteiger partial charge in [-0.05, 0) is 6.07 Å². The van der Waals surface area contributed by atoms with Gasteiger partial charge in [0.25, 0.3) is 11.6 Å². The van der Waals surface area contributed by atoms with E-state index in [1.54, 1.807) is 0 Å². The zero-order chi connectivity index (χ0) is 14.7. The fourth-order valence-electron chi connectivity index (χ4n) is 1.33. The van der Waals surface area contributed by atoms with E-state index in [1.807, 2.05) is 0 Å². The summed E-state index contributed by atoms with van der Waals surface area (Å²) in [5.41, 5.74) is 0.113. The van der Waals surface area contributed by atoms with Gasteiger partial charge in [-0.15, -0.1) is 0 Å². The van der Waals surface area contributed by atoms with Crippen molar-refractivity contribution in [2.75, 3.05) is 5.32 Å². The molecule has 0 aliphatic rings. The Bertz CT molecular complexity index is 676. The molecule has 0 unspecified atom stereocenters. The van der Waals surface area contributed by atoms with Gasteiger partial charge < -0.3 is 5.32 Å². The first-order chi connectivity index (χ1) is 9.47. The van der Waals surface area contributed by atoms with E-state index in [0.29, 0.717) is 0 Å². The fourth-order valence-corrected chi connectivity index (χ4v) is 1.65. The molecule has 1 heterocycles. The molecular formula is C11H6Cl2N4O3. The minimum absolute atomic E-state index is 0.0452. The van der Waals surface area contributed by atoms with Crippen molar-refractivity contribution >= 4 is 40.5 Å². The highest BCUT2D eigenvalue weighted by Crippen LogP contribution is 2.26. The molecule has 0 aliphatic carbocycles. The van der Waals surface area contributed by atoms with E-state index in [9.17, 15) is 14.9 Å². The largest absolute Gasteiger partial charge is 0.319 e. The lowest BCUT2D eigenvalue weighted by molar-refractivity contribution is -0.384. The number of benzene rings is 1. The lowest BCUT2D eigenvalue weighted by Crippen LogP contribution is -2.14. The van der Waals surface area contributed by atoms with Crippen molar-refractivity contribution < 1.29 is 9.72 Å². The summed E-state index contributed by atoms with van der Waals surface area (Å²) in [5.74, 6) is -0.551. The number of anilines is 1. The predicted molar refractivity (Wildman–Crippen MR) is 73.1 cm³/mol. The van der Waals surface area contributed by atoms with Gasteiger partial charge in [0.2, 0.25) is 0 Å². The summed E-state index contributed by atoms with van der Waals surface area (Å²) >= 11 is 11.4. The third-order valence-electron chi connectivity index (χ3n) is 2.26. The number of hydrogen-bond donors (Lipinski definition) is 1. The van der Waals surface area contributed by atoms with Crippen LogP contribution < -0.4 is 5.32 Å². The lowest BCUT2D eigenvalue weighted by Gasteiger charge is -2.06. The quantitative estimate of drug-likeness (QED) is 0.694. The third kappa shape index (κ3) is 3.19. The first-order valence-corrected chi connectivity index (χ1v) is 5.96. The maximum absolute atomic E-state index is 11.8. The van der Waals surface area contributed by atoms with Gasteiger partial charge in [0.1, 0.15) is 10.8 Å². The van der Waals surface area contributed by atoms with Gasteiger partial charge in [0, 0.05) is 12.1 Å². The van der Waals surface area contributed by atoms with Crippen molar-refractivity contribution in [1.29, 1.82) is 0 Å². The van der Waals surface area contributed by atoms with Crippen LogP contribution in [0.5, 0.6) is 0 Å². The standard InChI is InChI=1S/C11H6Cl2N4O3/c12-7-3-6(17(19)20)1-2-8(7)16-11(18)9-4-15-10(13)5-14-9/h1-5H,(H,16,18). The van der Waals surface area contributed by atoms with Gasteiger partial charge in [0.05, 0.1) is 28.0 Å². The number of hydrogen-bond acceptors (Lipinski definition) is 5. The molecular weight excluding hydrogens is 307 g/mol. The molecule has 0 fully saturated rings. The van der Waals surface area contributed by atoms with Crippen LogP contribution in [0.2, 0.25) is 10.2 Å². The molecule has 0 aliphatic heterocycles. The topological polar surface area (TPSA) is 98.0 Å². The lowest BCUT2D eigenvalue weighted by atomic mass is 10.2. The number of aromatic nitrogens is 2. The summed E-state index contributed by atoms with van der Waals surface area (Å²) in [6.45, 7) is 0. The average Bonchev–Trinajstić information content (AvgIpc) is 2.41. The number of carbonyl (C=O) groups excluding carboxylic acids is 1. The van der Waals surface area contributed by atoms with Crippen LogP contribution in [-0.2, 0) is 0 Å². The second kappa shape index (κ2) is 5.81. The molecule has 2 rings (SSSR count). The van der Waals surface area contributed by atoms with Crippen LogP contribution in [0.15, 0.2) is 30.6 Å². The molecule has 0 radical (unpaired) electrons. The second-order valence-electron chi connectivity index (χ2n) is 3.60. The summed E-state index contributed by atoms with van der Waals surface area (Å²) < 4.78 is 0. The number of halogens is 2. The molecule has 0 saturated heterocycles. The SMILES string of the molecule is O=C(Nc1ccc([N+](=O)[O-])cc1Cl)c1cnc(Cl)cn1. The van der Waals surface area contributed by atoms with Crippen molar-refractivity contribution in [3.05, 3.63) is 56.6 Å². The Kier molecular flexibility index (Phi) is 4.11. The molecule has 2 aromatic rings. The summed E-state index contributed by atoms with van der Waals surface area (Å²) in [6.07, 6.45) is 2.44. The summed E-state index contributed by atoms with van der Waals surface area (Å²) in [4.78, 5) is 29.3. The highest BCUT2D eigenvalue weighted by atomic mass is 35.5. The van der Waals surface area contributed by atoms with Gasteiger partial charge in [-0.2, -0.15) is 0 Å². The molecule has 0 spiro atoms. The number of rotatable bonds is 3. The van der Waals surface area contributed by atoms with Gasteiger partial charge >= 0.3 is 0 Å². The molecule has 1 amide bonds. The Hall–Kier alpha value is -2.25. The molecule has 1 N–H and O–H groups in total. The smallest absolute Gasteiger partial charge is 0.275 e. The normalized spacial score (nSPS) is 10.1. The monoisotopic (exact) mass is 312 g/mol. The molecule has 9 heteroatoms. The molecule has 1 aromatic carbocycles.